The van der Waals surface area contributed by atoms with Gasteiger partial charge in [0.15, 0.2) is 0 Å². The first-order valence-corrected chi connectivity index (χ1v) is 5.88. The summed E-state index contributed by atoms with van der Waals surface area (Å²) in [4.78, 5) is 1.26. The Morgan fingerprint density at radius 1 is 1.25 bits per heavy atom. The summed E-state index contributed by atoms with van der Waals surface area (Å²) in [5.41, 5.74) is 0. The topological polar surface area (TPSA) is 0 Å². The molecule has 0 saturated heterocycles. The van der Waals surface area contributed by atoms with E-state index in [1.165, 1.54) is 4.88 Å². The minimum Gasteiger partial charge on any atom is -0.128 e. The monoisotopic (exact) mass is 242 g/mol. The fraction of sp³-hybridized carbons (Fsp3) is 0.500. The zero-order valence-corrected chi connectivity index (χ0v) is 9.48. The van der Waals surface area contributed by atoms with Crippen molar-refractivity contribution in [2.24, 2.45) is 5.92 Å². The Bertz CT molecular complexity index is 230. The van der Waals surface area contributed by atoms with Crippen LogP contribution in [-0.4, -0.2) is 11.8 Å². The van der Waals surface area contributed by atoms with E-state index in [1.807, 2.05) is 12.1 Å². The molecule has 0 radical (unpaired) electrons. The van der Waals surface area contributed by atoms with Gasteiger partial charge in [-0.3, -0.25) is 0 Å². The molecular weight excluding hydrogens is 235 g/mol. The fourth-order valence-electron chi connectivity index (χ4n) is 0.896. The van der Waals surface area contributed by atoms with Gasteiger partial charge in [0.05, 0.1) is 4.34 Å². The van der Waals surface area contributed by atoms with Gasteiger partial charge in [-0.05, 0) is 24.5 Å². The Hall–Kier alpha value is 0.570. The van der Waals surface area contributed by atoms with Crippen LogP contribution in [0.4, 0.5) is 0 Å². The van der Waals surface area contributed by atoms with Crippen molar-refractivity contribution in [1.29, 1.82) is 0 Å². The number of thiophene rings is 1. The molecule has 0 aliphatic heterocycles. The second-order valence-corrected chi connectivity index (χ2v) is 5.00. The number of hydrogen-bond acceptors (Lipinski definition) is 1. The lowest BCUT2D eigenvalue weighted by Gasteiger charge is -2.06. The van der Waals surface area contributed by atoms with Crippen LogP contribution in [-0.2, 0) is 6.42 Å². The molecule has 0 N–H and O–H groups in total. The lowest BCUT2D eigenvalue weighted by atomic mass is 10.1. The molecule has 0 amide bonds. The summed E-state index contributed by atoms with van der Waals surface area (Å²) >= 11 is 18.8. The molecule has 0 fully saturated rings. The SMILES string of the molecule is ClCC(CCl)Cc1ccc(Cl)s1. The maximum Gasteiger partial charge on any atom is 0.0931 e. The number of alkyl halides is 2. The van der Waals surface area contributed by atoms with Gasteiger partial charge in [-0.1, -0.05) is 11.6 Å². The van der Waals surface area contributed by atoms with Crippen molar-refractivity contribution in [2.45, 2.75) is 6.42 Å². The Labute approximate surface area is 91.4 Å². The minimum absolute atomic E-state index is 0.364. The highest BCUT2D eigenvalue weighted by molar-refractivity contribution is 7.16. The van der Waals surface area contributed by atoms with Crippen LogP contribution in [0.5, 0.6) is 0 Å². The van der Waals surface area contributed by atoms with Crippen molar-refractivity contribution >= 4 is 46.1 Å². The van der Waals surface area contributed by atoms with Crippen LogP contribution in [0.2, 0.25) is 4.34 Å². The largest absolute Gasteiger partial charge is 0.128 e. The molecule has 0 aromatic carbocycles. The van der Waals surface area contributed by atoms with E-state index in [1.54, 1.807) is 11.3 Å². The Morgan fingerprint density at radius 3 is 2.33 bits per heavy atom. The molecule has 68 valence electrons. The first-order valence-electron chi connectivity index (χ1n) is 3.62. The van der Waals surface area contributed by atoms with Crippen LogP contribution in [0, 0.1) is 5.92 Å². The molecule has 0 saturated carbocycles. The summed E-state index contributed by atoms with van der Waals surface area (Å²) in [6.07, 6.45) is 0.935. The highest BCUT2D eigenvalue weighted by Gasteiger charge is 2.08. The molecule has 0 atom stereocenters. The van der Waals surface area contributed by atoms with E-state index in [2.05, 4.69) is 0 Å². The molecule has 1 aromatic heterocycles. The van der Waals surface area contributed by atoms with Gasteiger partial charge in [0.1, 0.15) is 0 Å². The van der Waals surface area contributed by atoms with Crippen molar-refractivity contribution in [1.82, 2.24) is 0 Å². The second kappa shape index (κ2) is 5.33. The minimum atomic E-state index is 0.364. The number of hydrogen-bond donors (Lipinski definition) is 0. The molecule has 0 spiro atoms. The highest BCUT2D eigenvalue weighted by Crippen LogP contribution is 2.24. The third-order valence-corrected chi connectivity index (χ3v) is 3.68. The van der Waals surface area contributed by atoms with E-state index >= 15 is 0 Å². The predicted octanol–water partition coefficient (Wildman–Crippen LogP) is 4.04. The van der Waals surface area contributed by atoms with Gasteiger partial charge in [-0.2, -0.15) is 0 Å². The highest BCUT2D eigenvalue weighted by atomic mass is 35.5. The molecule has 12 heavy (non-hydrogen) atoms. The maximum atomic E-state index is 5.78. The van der Waals surface area contributed by atoms with Crippen molar-refractivity contribution in [3.8, 4) is 0 Å². The van der Waals surface area contributed by atoms with Gasteiger partial charge in [-0.25, -0.2) is 0 Å². The fourth-order valence-corrected chi connectivity index (χ4v) is 2.65. The molecule has 0 bridgehead atoms. The van der Waals surface area contributed by atoms with Crippen molar-refractivity contribution in [3.05, 3.63) is 21.3 Å². The van der Waals surface area contributed by atoms with Gasteiger partial charge >= 0.3 is 0 Å². The molecule has 0 aliphatic rings. The second-order valence-electron chi connectivity index (χ2n) is 2.58. The first-order chi connectivity index (χ1) is 5.76. The summed E-state index contributed by atoms with van der Waals surface area (Å²) in [5, 5.41) is 0. The standard InChI is InChI=1S/C8H9Cl3S/c9-4-6(5-10)3-7-1-2-8(11)12-7/h1-2,6H,3-5H2. The summed E-state index contributed by atoms with van der Waals surface area (Å²) in [6.45, 7) is 0. The predicted molar refractivity (Wildman–Crippen MR) is 58.0 cm³/mol. The molecular formula is C8H9Cl3S. The van der Waals surface area contributed by atoms with Crippen LogP contribution in [0.1, 0.15) is 4.88 Å². The summed E-state index contributed by atoms with van der Waals surface area (Å²) in [6, 6.07) is 3.93. The maximum absolute atomic E-state index is 5.78. The Morgan fingerprint density at radius 2 is 1.92 bits per heavy atom. The summed E-state index contributed by atoms with van der Waals surface area (Å²) in [5.74, 6) is 1.58. The van der Waals surface area contributed by atoms with Crippen LogP contribution < -0.4 is 0 Å². The molecule has 1 aromatic rings. The quantitative estimate of drug-likeness (QED) is 0.700. The molecule has 4 heteroatoms. The van der Waals surface area contributed by atoms with E-state index in [9.17, 15) is 0 Å². The molecule has 0 aliphatic carbocycles. The van der Waals surface area contributed by atoms with E-state index in [4.69, 9.17) is 34.8 Å². The Balaban J connectivity index is 2.50. The van der Waals surface area contributed by atoms with Crippen LogP contribution in [0.3, 0.4) is 0 Å². The van der Waals surface area contributed by atoms with Crippen LogP contribution >= 0.6 is 46.1 Å². The lowest BCUT2D eigenvalue weighted by molar-refractivity contribution is 0.669. The van der Waals surface area contributed by atoms with Gasteiger partial charge in [-0.15, -0.1) is 34.5 Å². The van der Waals surface area contributed by atoms with Crippen LogP contribution in [0.25, 0.3) is 0 Å². The lowest BCUT2D eigenvalue weighted by Crippen LogP contribution is -2.06. The molecule has 0 nitrogen and oxygen atoms in total. The zero-order valence-electron chi connectivity index (χ0n) is 6.40. The van der Waals surface area contributed by atoms with Gasteiger partial charge in [0.2, 0.25) is 0 Å². The van der Waals surface area contributed by atoms with Gasteiger partial charge in [0.25, 0.3) is 0 Å². The molecule has 1 heterocycles. The van der Waals surface area contributed by atoms with E-state index in [-0.39, 0.29) is 0 Å². The van der Waals surface area contributed by atoms with Crippen molar-refractivity contribution in [3.63, 3.8) is 0 Å². The van der Waals surface area contributed by atoms with Crippen molar-refractivity contribution in [2.75, 3.05) is 11.8 Å². The average molecular weight is 244 g/mol. The van der Waals surface area contributed by atoms with E-state index < -0.39 is 0 Å². The first kappa shape index (κ1) is 10.6. The molecule has 0 unspecified atom stereocenters. The van der Waals surface area contributed by atoms with Gasteiger partial charge in [0, 0.05) is 16.6 Å². The number of rotatable bonds is 4. The third-order valence-electron chi connectivity index (χ3n) is 1.56. The van der Waals surface area contributed by atoms with Crippen LogP contribution in [0.15, 0.2) is 12.1 Å². The molecule has 1 rings (SSSR count). The third kappa shape index (κ3) is 3.14. The van der Waals surface area contributed by atoms with E-state index in [0.29, 0.717) is 17.7 Å². The Kier molecular flexibility index (Phi) is 4.73. The normalized spacial score (nSPS) is 11.0. The van der Waals surface area contributed by atoms with Gasteiger partial charge < -0.3 is 0 Å². The average Bonchev–Trinajstić information content (AvgIpc) is 2.47. The smallest absolute Gasteiger partial charge is 0.0931 e. The number of halogens is 3. The van der Waals surface area contributed by atoms with E-state index in [0.717, 1.165) is 10.8 Å². The zero-order chi connectivity index (χ0) is 8.97. The summed E-state index contributed by atoms with van der Waals surface area (Å²) < 4.78 is 0.827. The summed E-state index contributed by atoms with van der Waals surface area (Å²) in [7, 11) is 0. The van der Waals surface area contributed by atoms with Crippen molar-refractivity contribution < 1.29 is 0 Å².